The van der Waals surface area contributed by atoms with E-state index >= 15 is 0 Å². The fourth-order valence-corrected chi connectivity index (χ4v) is 4.30. The molecule has 1 amide bonds. The molecule has 1 fully saturated rings. The van der Waals surface area contributed by atoms with E-state index < -0.39 is 29.5 Å². The number of pyridine rings is 1. The summed E-state index contributed by atoms with van der Waals surface area (Å²) in [6.45, 7) is 5.92. The van der Waals surface area contributed by atoms with Crippen LogP contribution in [0.5, 0.6) is 0 Å². The number of alkyl halides is 3. The van der Waals surface area contributed by atoms with Gasteiger partial charge in [0.25, 0.3) is 0 Å². The number of carbonyl (C=O) groups excluding carboxylic acids is 2. The predicted molar refractivity (Wildman–Crippen MR) is 114 cm³/mol. The van der Waals surface area contributed by atoms with Crippen molar-refractivity contribution in [3.8, 4) is 0 Å². The van der Waals surface area contributed by atoms with E-state index in [4.69, 9.17) is 4.74 Å². The molecule has 6 nitrogen and oxygen atoms in total. The Hall–Kier alpha value is -3.10. The highest BCUT2D eigenvalue weighted by Crippen LogP contribution is 2.44. The van der Waals surface area contributed by atoms with Crippen molar-refractivity contribution in [3.05, 3.63) is 41.2 Å². The topological polar surface area (TPSA) is 75.3 Å². The molecule has 0 unspecified atom stereocenters. The van der Waals surface area contributed by atoms with Gasteiger partial charge in [-0.25, -0.2) is 9.78 Å². The number of carbonyl (C=O) groups is 2. The van der Waals surface area contributed by atoms with Gasteiger partial charge in [-0.1, -0.05) is 12.1 Å². The van der Waals surface area contributed by atoms with Crippen LogP contribution in [0.3, 0.4) is 0 Å². The first kappa shape index (κ1) is 22.1. The van der Waals surface area contributed by atoms with Gasteiger partial charge < -0.3 is 14.6 Å². The first-order chi connectivity index (χ1) is 15.0. The third-order valence-electron chi connectivity index (χ3n) is 5.67. The van der Waals surface area contributed by atoms with Crippen LogP contribution in [0.4, 0.5) is 18.0 Å². The van der Waals surface area contributed by atoms with Crippen molar-refractivity contribution in [2.45, 2.75) is 51.3 Å². The van der Waals surface area contributed by atoms with E-state index in [-0.39, 0.29) is 11.2 Å². The van der Waals surface area contributed by atoms with E-state index in [0.29, 0.717) is 53.9 Å². The molecule has 1 aliphatic heterocycles. The van der Waals surface area contributed by atoms with E-state index in [1.165, 1.54) is 11.1 Å². The van der Waals surface area contributed by atoms with Gasteiger partial charge in [-0.15, -0.1) is 0 Å². The first-order valence-electron chi connectivity index (χ1n) is 10.4. The fourth-order valence-electron chi connectivity index (χ4n) is 4.30. The highest BCUT2D eigenvalue weighted by atomic mass is 19.4. The van der Waals surface area contributed by atoms with Gasteiger partial charge in [0.05, 0.1) is 0 Å². The van der Waals surface area contributed by atoms with Crippen molar-refractivity contribution in [2.24, 2.45) is 0 Å². The number of halogens is 3. The molecular weight excluding hydrogens is 423 g/mol. The number of amides is 1. The van der Waals surface area contributed by atoms with Crippen LogP contribution in [0.2, 0.25) is 0 Å². The lowest BCUT2D eigenvalue weighted by molar-refractivity contribution is -0.141. The molecule has 3 heterocycles. The molecule has 9 heteroatoms. The molecule has 4 rings (SSSR count). The summed E-state index contributed by atoms with van der Waals surface area (Å²) in [5.74, 6) is -0.405. The molecule has 0 bridgehead atoms. The SMILES string of the molecule is CC(C)(C)OC(=O)N1CCC(c2c(C(F)(F)F)[nH]c3ncc4cc(C=O)ccc4c23)CC1. The van der Waals surface area contributed by atoms with Crippen LogP contribution in [0, 0.1) is 0 Å². The van der Waals surface area contributed by atoms with Gasteiger partial charge in [-0.05, 0) is 56.5 Å². The zero-order chi connectivity index (χ0) is 23.3. The van der Waals surface area contributed by atoms with Crippen LogP contribution < -0.4 is 0 Å². The average molecular weight is 447 g/mol. The standard InChI is InChI=1S/C23H24F3N3O3/c1-22(2,3)32-21(31)29-8-6-14(7-9-29)17-18-16-5-4-13(12-30)10-15(16)11-27-20(18)28-19(17)23(24,25)26/h4-5,10-12,14H,6-9H2,1-3H3,(H,27,28). The van der Waals surface area contributed by atoms with Gasteiger partial charge >= 0.3 is 12.3 Å². The Labute approximate surface area is 182 Å². The lowest BCUT2D eigenvalue weighted by Gasteiger charge is -2.34. The number of piperidine rings is 1. The molecule has 0 radical (unpaired) electrons. The van der Waals surface area contributed by atoms with Crippen LogP contribution in [0.25, 0.3) is 21.8 Å². The molecule has 1 aromatic carbocycles. The predicted octanol–water partition coefficient (Wildman–Crippen LogP) is 5.66. The summed E-state index contributed by atoms with van der Waals surface area (Å²) in [4.78, 5) is 31.7. The van der Waals surface area contributed by atoms with E-state index in [9.17, 15) is 22.8 Å². The molecule has 0 saturated carbocycles. The van der Waals surface area contributed by atoms with Crippen molar-refractivity contribution in [1.82, 2.24) is 14.9 Å². The smallest absolute Gasteiger partial charge is 0.431 e. The van der Waals surface area contributed by atoms with Crippen molar-refractivity contribution in [2.75, 3.05) is 13.1 Å². The van der Waals surface area contributed by atoms with Crippen molar-refractivity contribution in [1.29, 1.82) is 0 Å². The normalized spacial score (nSPS) is 16.0. The number of hydrogen-bond acceptors (Lipinski definition) is 4. The minimum absolute atomic E-state index is 0.160. The Morgan fingerprint density at radius 3 is 2.50 bits per heavy atom. The van der Waals surface area contributed by atoms with Gasteiger partial charge in [0.2, 0.25) is 0 Å². The number of aromatic amines is 1. The second kappa shape index (κ2) is 7.79. The molecule has 2 aromatic heterocycles. The van der Waals surface area contributed by atoms with Crippen LogP contribution >= 0.6 is 0 Å². The molecule has 0 spiro atoms. The molecular formula is C23H24F3N3O3. The fraction of sp³-hybridized carbons (Fsp3) is 0.435. The van der Waals surface area contributed by atoms with Gasteiger partial charge in [-0.2, -0.15) is 13.2 Å². The minimum Gasteiger partial charge on any atom is -0.444 e. The Bertz CT molecular complexity index is 1190. The largest absolute Gasteiger partial charge is 0.444 e. The molecule has 3 aromatic rings. The third kappa shape index (κ3) is 4.16. The molecule has 0 aliphatic carbocycles. The quantitative estimate of drug-likeness (QED) is 0.514. The van der Waals surface area contributed by atoms with Gasteiger partial charge in [-0.3, -0.25) is 4.79 Å². The van der Waals surface area contributed by atoms with E-state index in [1.54, 1.807) is 39.0 Å². The number of nitrogens with one attached hydrogen (secondary N) is 1. The van der Waals surface area contributed by atoms with Gasteiger partial charge in [0.15, 0.2) is 0 Å². The Morgan fingerprint density at radius 1 is 1.22 bits per heavy atom. The number of likely N-dealkylation sites (tertiary alicyclic amines) is 1. The number of nitrogens with zero attached hydrogens (tertiary/aromatic N) is 2. The Kier molecular flexibility index (Phi) is 5.38. The van der Waals surface area contributed by atoms with Crippen LogP contribution in [-0.4, -0.2) is 45.9 Å². The molecule has 170 valence electrons. The summed E-state index contributed by atoms with van der Waals surface area (Å²) in [6, 6.07) is 4.87. The van der Waals surface area contributed by atoms with Crippen LogP contribution in [0.15, 0.2) is 24.4 Å². The van der Waals surface area contributed by atoms with Crippen molar-refractivity contribution >= 4 is 34.2 Å². The summed E-state index contributed by atoms with van der Waals surface area (Å²) in [6.07, 6.45) is -2.13. The average Bonchev–Trinajstić information content (AvgIpc) is 3.13. The van der Waals surface area contributed by atoms with Crippen molar-refractivity contribution in [3.63, 3.8) is 0 Å². The maximum atomic E-state index is 14.0. The maximum Gasteiger partial charge on any atom is 0.431 e. The monoisotopic (exact) mass is 447 g/mol. The highest BCUT2D eigenvalue weighted by Gasteiger charge is 2.40. The Morgan fingerprint density at radius 2 is 1.91 bits per heavy atom. The minimum atomic E-state index is -4.58. The van der Waals surface area contributed by atoms with E-state index in [2.05, 4.69) is 9.97 Å². The molecule has 1 saturated heterocycles. The number of hydrogen-bond donors (Lipinski definition) is 1. The number of rotatable bonds is 2. The summed E-state index contributed by atoms with van der Waals surface area (Å²) in [7, 11) is 0. The van der Waals surface area contributed by atoms with Crippen molar-refractivity contribution < 1.29 is 27.5 Å². The summed E-state index contributed by atoms with van der Waals surface area (Å²) in [5, 5.41) is 1.63. The molecule has 1 aliphatic rings. The molecule has 0 atom stereocenters. The lowest BCUT2D eigenvalue weighted by Crippen LogP contribution is -2.41. The third-order valence-corrected chi connectivity index (χ3v) is 5.67. The lowest BCUT2D eigenvalue weighted by atomic mass is 9.86. The number of benzene rings is 1. The number of ether oxygens (including phenoxy) is 1. The second-order valence-corrected chi connectivity index (χ2v) is 9.10. The molecule has 1 N–H and O–H groups in total. The zero-order valence-corrected chi connectivity index (χ0v) is 18.0. The second-order valence-electron chi connectivity index (χ2n) is 9.10. The Balaban J connectivity index is 1.75. The van der Waals surface area contributed by atoms with E-state index in [0.717, 1.165) is 0 Å². The first-order valence-corrected chi connectivity index (χ1v) is 10.4. The molecule has 32 heavy (non-hydrogen) atoms. The van der Waals surface area contributed by atoms with Gasteiger partial charge in [0, 0.05) is 35.6 Å². The zero-order valence-electron chi connectivity index (χ0n) is 18.0. The highest BCUT2D eigenvalue weighted by molar-refractivity contribution is 6.08. The number of fused-ring (bicyclic) bond motifs is 3. The number of H-pyrrole nitrogens is 1. The van der Waals surface area contributed by atoms with E-state index in [1.807, 2.05) is 0 Å². The number of aromatic nitrogens is 2. The summed E-state index contributed by atoms with van der Waals surface area (Å²) < 4.78 is 47.3. The summed E-state index contributed by atoms with van der Waals surface area (Å²) in [5.41, 5.74) is -0.680. The summed E-state index contributed by atoms with van der Waals surface area (Å²) >= 11 is 0. The van der Waals surface area contributed by atoms with Crippen LogP contribution in [-0.2, 0) is 10.9 Å². The maximum absolute atomic E-state index is 14.0. The van der Waals surface area contributed by atoms with Gasteiger partial charge in [0.1, 0.15) is 23.2 Å². The van der Waals surface area contributed by atoms with Crippen LogP contribution in [0.1, 0.15) is 61.1 Å². The number of aldehydes is 1.